The van der Waals surface area contributed by atoms with Crippen molar-refractivity contribution in [3.63, 3.8) is 0 Å². The number of rotatable bonds is 6. The molecule has 0 aliphatic carbocycles. The average Bonchev–Trinajstić information content (AvgIpc) is 2.11. The monoisotopic (exact) mass is 204 g/mol. The van der Waals surface area contributed by atoms with Crippen LogP contribution in [0.3, 0.4) is 0 Å². The lowest BCUT2D eigenvalue weighted by Crippen LogP contribution is -2.27. The molecule has 0 heterocycles. The van der Waals surface area contributed by atoms with E-state index in [4.69, 9.17) is 0 Å². The average molecular weight is 204 g/mol. The summed E-state index contributed by atoms with van der Waals surface area (Å²) in [6.45, 7) is 5.66. The van der Waals surface area contributed by atoms with Gasteiger partial charge >= 0.3 is 0 Å². The largest absolute Gasteiger partial charge is 0.345 e. The highest BCUT2D eigenvalue weighted by molar-refractivity contribution is 7.99. The normalized spacial score (nSPS) is 10.5. The van der Waals surface area contributed by atoms with Crippen LogP contribution in [0.1, 0.15) is 13.8 Å². The van der Waals surface area contributed by atoms with Crippen molar-refractivity contribution in [1.82, 2.24) is 9.80 Å². The van der Waals surface area contributed by atoms with Crippen molar-refractivity contribution in [2.75, 3.05) is 38.8 Å². The third-order valence-electron chi connectivity index (χ3n) is 1.96. The van der Waals surface area contributed by atoms with Crippen molar-refractivity contribution in [3.05, 3.63) is 0 Å². The summed E-state index contributed by atoms with van der Waals surface area (Å²) in [5.74, 6) is 2.20. The number of nitrogens with zero attached hydrogens (tertiary/aromatic N) is 2. The molecular formula is C9H20N2OS. The predicted octanol–water partition coefficient (Wildman–Crippen LogP) is 1.11. The highest BCUT2D eigenvalue weighted by Gasteiger charge is 2.01. The van der Waals surface area contributed by atoms with Crippen LogP contribution in [0.2, 0.25) is 0 Å². The third kappa shape index (κ3) is 6.90. The fraction of sp³-hybridized carbons (Fsp3) is 0.889. The molecule has 1 amide bonds. The van der Waals surface area contributed by atoms with Crippen LogP contribution >= 0.6 is 11.8 Å². The summed E-state index contributed by atoms with van der Waals surface area (Å²) in [4.78, 5) is 14.8. The van der Waals surface area contributed by atoms with E-state index >= 15 is 0 Å². The van der Waals surface area contributed by atoms with Crippen molar-refractivity contribution >= 4 is 17.7 Å². The van der Waals surface area contributed by atoms with E-state index in [2.05, 4.69) is 18.9 Å². The van der Waals surface area contributed by atoms with Gasteiger partial charge in [-0.3, -0.25) is 9.69 Å². The van der Waals surface area contributed by atoms with Gasteiger partial charge in [0.05, 0.1) is 0 Å². The van der Waals surface area contributed by atoms with Gasteiger partial charge in [0.25, 0.3) is 0 Å². The highest BCUT2D eigenvalue weighted by atomic mass is 32.2. The fourth-order valence-electron chi connectivity index (χ4n) is 0.671. The second-order valence-corrected chi connectivity index (χ2v) is 4.22. The molecule has 0 atom stereocenters. The first-order chi connectivity index (χ1) is 6.07. The van der Waals surface area contributed by atoms with E-state index < -0.39 is 0 Å². The Kier molecular flexibility index (Phi) is 7.09. The molecule has 0 aliphatic rings. The number of carbonyl (C=O) groups excluding carboxylic acids is 1. The van der Waals surface area contributed by atoms with Crippen LogP contribution in [-0.4, -0.2) is 54.5 Å². The molecule has 0 saturated heterocycles. The van der Waals surface area contributed by atoms with E-state index in [1.165, 1.54) is 0 Å². The molecule has 0 spiro atoms. The lowest BCUT2D eigenvalue weighted by atomic mass is 10.5. The molecule has 0 saturated carbocycles. The van der Waals surface area contributed by atoms with Gasteiger partial charge in [0, 0.05) is 32.1 Å². The number of amides is 1. The van der Waals surface area contributed by atoms with Gasteiger partial charge < -0.3 is 4.90 Å². The van der Waals surface area contributed by atoms with Crippen molar-refractivity contribution in [2.45, 2.75) is 13.8 Å². The summed E-state index contributed by atoms with van der Waals surface area (Å²) in [6, 6.07) is 0. The quantitative estimate of drug-likeness (QED) is 0.478. The molecule has 0 rings (SSSR count). The number of hydrogen-bond acceptors (Lipinski definition) is 3. The smallest absolute Gasteiger partial charge is 0.219 e. The van der Waals surface area contributed by atoms with Crippen molar-refractivity contribution in [3.8, 4) is 0 Å². The standard InChI is InChI=1S/C9H20N2OS/c1-5-10(3)8-13-7-6-11(4)9(2)12/h5-8H2,1-4H3. The van der Waals surface area contributed by atoms with Gasteiger partial charge in [0.1, 0.15) is 0 Å². The molecule has 0 aromatic rings. The summed E-state index contributed by atoms with van der Waals surface area (Å²) in [5.41, 5.74) is 0. The Bertz CT molecular complexity index is 153. The summed E-state index contributed by atoms with van der Waals surface area (Å²) >= 11 is 1.86. The Hall–Kier alpha value is -0.220. The second-order valence-electron chi connectivity index (χ2n) is 3.15. The van der Waals surface area contributed by atoms with E-state index in [1.807, 2.05) is 18.8 Å². The lowest BCUT2D eigenvalue weighted by Gasteiger charge is -2.16. The number of hydrogen-bond donors (Lipinski definition) is 0. The lowest BCUT2D eigenvalue weighted by molar-refractivity contribution is -0.127. The molecular weight excluding hydrogens is 184 g/mol. The summed E-state index contributed by atoms with van der Waals surface area (Å²) in [6.07, 6.45) is 0. The molecule has 3 nitrogen and oxygen atoms in total. The summed E-state index contributed by atoms with van der Waals surface area (Å²) in [7, 11) is 3.94. The first-order valence-corrected chi connectivity index (χ1v) is 5.71. The van der Waals surface area contributed by atoms with Gasteiger partial charge in [0.15, 0.2) is 0 Å². The van der Waals surface area contributed by atoms with Crippen LogP contribution < -0.4 is 0 Å². The Morgan fingerprint density at radius 3 is 2.46 bits per heavy atom. The zero-order chi connectivity index (χ0) is 10.3. The van der Waals surface area contributed by atoms with Gasteiger partial charge in [-0.15, -0.1) is 11.8 Å². The maximum absolute atomic E-state index is 10.8. The Balaban J connectivity index is 3.30. The predicted molar refractivity (Wildman–Crippen MR) is 58.9 cm³/mol. The summed E-state index contributed by atoms with van der Waals surface area (Å²) < 4.78 is 0. The minimum absolute atomic E-state index is 0.143. The van der Waals surface area contributed by atoms with E-state index in [0.29, 0.717) is 0 Å². The van der Waals surface area contributed by atoms with Crippen molar-refractivity contribution < 1.29 is 4.79 Å². The van der Waals surface area contributed by atoms with Crippen LogP contribution in [0.25, 0.3) is 0 Å². The maximum Gasteiger partial charge on any atom is 0.219 e. The van der Waals surface area contributed by atoms with Crippen LogP contribution in [0.4, 0.5) is 0 Å². The maximum atomic E-state index is 10.8. The number of carbonyl (C=O) groups is 1. The molecule has 0 aliphatic heterocycles. The molecule has 78 valence electrons. The molecule has 0 aromatic heterocycles. The summed E-state index contributed by atoms with van der Waals surface area (Å²) in [5, 5.41) is 0. The third-order valence-corrected chi connectivity index (χ3v) is 3.05. The van der Waals surface area contributed by atoms with E-state index in [9.17, 15) is 4.79 Å². The van der Waals surface area contributed by atoms with Gasteiger partial charge in [-0.05, 0) is 13.6 Å². The van der Waals surface area contributed by atoms with Gasteiger partial charge in [-0.2, -0.15) is 0 Å². The van der Waals surface area contributed by atoms with Crippen LogP contribution in [0, 0.1) is 0 Å². The first-order valence-electron chi connectivity index (χ1n) is 4.56. The van der Waals surface area contributed by atoms with Gasteiger partial charge in [-0.25, -0.2) is 0 Å². The zero-order valence-corrected chi connectivity index (χ0v) is 9.86. The Morgan fingerprint density at radius 1 is 1.38 bits per heavy atom. The first kappa shape index (κ1) is 12.8. The molecule has 0 fully saturated rings. The molecule has 0 N–H and O–H groups in total. The molecule has 0 radical (unpaired) electrons. The molecule has 4 heteroatoms. The second kappa shape index (κ2) is 7.21. The highest BCUT2D eigenvalue weighted by Crippen LogP contribution is 2.02. The van der Waals surface area contributed by atoms with E-state index in [1.54, 1.807) is 11.8 Å². The molecule has 0 unspecified atom stereocenters. The molecule has 13 heavy (non-hydrogen) atoms. The van der Waals surface area contributed by atoms with Crippen LogP contribution in [0.15, 0.2) is 0 Å². The molecule has 0 bridgehead atoms. The number of thioether (sulfide) groups is 1. The SMILES string of the molecule is CCN(C)CSCCN(C)C(C)=O. The Morgan fingerprint density at radius 2 is 2.00 bits per heavy atom. The van der Waals surface area contributed by atoms with Crippen LogP contribution in [-0.2, 0) is 4.79 Å². The topological polar surface area (TPSA) is 23.6 Å². The fourth-order valence-corrected chi connectivity index (χ4v) is 1.70. The zero-order valence-electron chi connectivity index (χ0n) is 9.04. The van der Waals surface area contributed by atoms with Crippen LogP contribution in [0.5, 0.6) is 0 Å². The van der Waals surface area contributed by atoms with E-state index in [-0.39, 0.29) is 5.91 Å². The minimum Gasteiger partial charge on any atom is -0.345 e. The van der Waals surface area contributed by atoms with Crippen molar-refractivity contribution in [2.24, 2.45) is 0 Å². The van der Waals surface area contributed by atoms with E-state index in [0.717, 1.165) is 24.7 Å². The van der Waals surface area contributed by atoms with Crippen molar-refractivity contribution in [1.29, 1.82) is 0 Å². The molecule has 0 aromatic carbocycles. The van der Waals surface area contributed by atoms with Gasteiger partial charge in [-0.1, -0.05) is 6.92 Å². The van der Waals surface area contributed by atoms with Gasteiger partial charge in [0.2, 0.25) is 5.91 Å². The minimum atomic E-state index is 0.143. The Labute approximate surface area is 85.5 Å².